The highest BCUT2D eigenvalue weighted by Gasteiger charge is 2.31. The molecule has 1 aromatic heterocycles. The van der Waals surface area contributed by atoms with Crippen LogP contribution in [0.3, 0.4) is 0 Å². The molecule has 108 valence electrons. The van der Waals surface area contributed by atoms with E-state index < -0.39 is 10.0 Å². The predicted molar refractivity (Wildman–Crippen MR) is 70.2 cm³/mol. The van der Waals surface area contributed by atoms with E-state index in [0.29, 0.717) is 25.1 Å². The summed E-state index contributed by atoms with van der Waals surface area (Å²) in [6.45, 7) is 4.71. The molecule has 0 bridgehead atoms. The molecular formula is C11H20N4O3S. The van der Waals surface area contributed by atoms with Gasteiger partial charge in [0.25, 0.3) is 10.0 Å². The van der Waals surface area contributed by atoms with Gasteiger partial charge in [0.1, 0.15) is 0 Å². The fourth-order valence-corrected chi connectivity index (χ4v) is 3.71. The molecule has 2 atom stereocenters. The Morgan fingerprint density at radius 2 is 2.26 bits per heavy atom. The normalized spacial score (nSPS) is 23.9. The van der Waals surface area contributed by atoms with Crippen LogP contribution in [-0.4, -0.2) is 44.4 Å². The third-order valence-corrected chi connectivity index (χ3v) is 4.79. The van der Waals surface area contributed by atoms with Gasteiger partial charge in [0.05, 0.1) is 12.1 Å². The van der Waals surface area contributed by atoms with Crippen LogP contribution < -0.4 is 10.0 Å². The molecule has 1 saturated heterocycles. The Balaban J connectivity index is 2.24. The van der Waals surface area contributed by atoms with Crippen molar-refractivity contribution in [3.63, 3.8) is 0 Å². The largest absolute Gasteiger partial charge is 0.377 e. The van der Waals surface area contributed by atoms with E-state index in [1.807, 2.05) is 6.92 Å². The molecule has 2 unspecified atom stereocenters. The number of aromatic amines is 1. The van der Waals surface area contributed by atoms with Gasteiger partial charge in [0, 0.05) is 24.4 Å². The second-order valence-electron chi connectivity index (χ2n) is 4.76. The SMILES string of the molecule is CNCc1c(S(=O)(=O)NC2CCOC2C)n[nH]c1C. The zero-order chi connectivity index (χ0) is 14.0. The topological polar surface area (TPSA) is 96.1 Å². The summed E-state index contributed by atoms with van der Waals surface area (Å²) in [5.41, 5.74) is 1.42. The van der Waals surface area contributed by atoms with Crippen LogP contribution in [0.5, 0.6) is 0 Å². The van der Waals surface area contributed by atoms with Crippen LogP contribution in [0.25, 0.3) is 0 Å². The Labute approximate surface area is 113 Å². The lowest BCUT2D eigenvalue weighted by Gasteiger charge is -2.15. The Kier molecular flexibility index (Phi) is 4.24. The number of rotatable bonds is 5. The molecule has 0 aliphatic carbocycles. The molecule has 1 aromatic rings. The Bertz CT molecular complexity index is 540. The van der Waals surface area contributed by atoms with E-state index in [9.17, 15) is 8.42 Å². The minimum Gasteiger partial charge on any atom is -0.377 e. The second kappa shape index (κ2) is 5.58. The fraction of sp³-hybridized carbons (Fsp3) is 0.727. The van der Waals surface area contributed by atoms with Gasteiger partial charge < -0.3 is 10.1 Å². The quantitative estimate of drug-likeness (QED) is 0.703. The van der Waals surface area contributed by atoms with E-state index in [-0.39, 0.29) is 17.2 Å². The smallest absolute Gasteiger partial charge is 0.260 e. The van der Waals surface area contributed by atoms with Crippen molar-refractivity contribution < 1.29 is 13.2 Å². The molecule has 1 aliphatic heterocycles. The molecule has 1 aliphatic rings. The molecule has 8 heteroatoms. The zero-order valence-corrected chi connectivity index (χ0v) is 12.2. The van der Waals surface area contributed by atoms with Crippen LogP contribution in [0.4, 0.5) is 0 Å². The van der Waals surface area contributed by atoms with Crippen molar-refractivity contribution in [2.24, 2.45) is 0 Å². The minimum absolute atomic E-state index is 0.0680. The van der Waals surface area contributed by atoms with Gasteiger partial charge in [-0.3, -0.25) is 5.10 Å². The lowest BCUT2D eigenvalue weighted by Crippen LogP contribution is -2.39. The van der Waals surface area contributed by atoms with Crippen molar-refractivity contribution in [3.8, 4) is 0 Å². The summed E-state index contributed by atoms with van der Waals surface area (Å²) in [4.78, 5) is 0. The molecule has 0 aromatic carbocycles. The summed E-state index contributed by atoms with van der Waals surface area (Å²) in [5, 5.41) is 9.66. The van der Waals surface area contributed by atoms with Gasteiger partial charge in [-0.15, -0.1) is 0 Å². The first-order chi connectivity index (χ1) is 8.95. The minimum atomic E-state index is -3.62. The van der Waals surface area contributed by atoms with E-state index in [1.165, 1.54) is 0 Å². The van der Waals surface area contributed by atoms with Crippen LogP contribution in [0.1, 0.15) is 24.6 Å². The third kappa shape index (κ3) is 2.97. The number of sulfonamides is 1. The van der Waals surface area contributed by atoms with Crippen LogP contribution in [0, 0.1) is 6.92 Å². The van der Waals surface area contributed by atoms with Crippen LogP contribution in [-0.2, 0) is 21.3 Å². The standard InChI is InChI=1S/C11H20N4O3S/c1-7-9(6-12-3)11(14-13-7)19(16,17)15-10-4-5-18-8(10)2/h8,10,12,15H,4-6H2,1-3H3,(H,13,14). The molecule has 3 N–H and O–H groups in total. The molecule has 2 rings (SSSR count). The molecule has 0 saturated carbocycles. The van der Waals surface area contributed by atoms with Crippen molar-refractivity contribution in [3.05, 3.63) is 11.3 Å². The highest BCUT2D eigenvalue weighted by Crippen LogP contribution is 2.19. The average molecular weight is 288 g/mol. The third-order valence-electron chi connectivity index (χ3n) is 3.33. The van der Waals surface area contributed by atoms with Gasteiger partial charge in [-0.2, -0.15) is 5.10 Å². The number of H-pyrrole nitrogens is 1. The van der Waals surface area contributed by atoms with Gasteiger partial charge in [-0.25, -0.2) is 13.1 Å². The molecule has 19 heavy (non-hydrogen) atoms. The van der Waals surface area contributed by atoms with Gasteiger partial charge in [-0.05, 0) is 27.3 Å². The van der Waals surface area contributed by atoms with E-state index in [2.05, 4.69) is 20.2 Å². The van der Waals surface area contributed by atoms with Gasteiger partial charge in [0.2, 0.25) is 0 Å². The first kappa shape index (κ1) is 14.4. The van der Waals surface area contributed by atoms with Crippen molar-refractivity contribution in [1.82, 2.24) is 20.2 Å². The molecule has 0 amide bonds. The second-order valence-corrected chi connectivity index (χ2v) is 6.38. The number of nitrogens with one attached hydrogen (secondary N) is 3. The number of hydrogen-bond donors (Lipinski definition) is 3. The van der Waals surface area contributed by atoms with Crippen molar-refractivity contribution >= 4 is 10.0 Å². The van der Waals surface area contributed by atoms with E-state index in [1.54, 1.807) is 14.0 Å². The first-order valence-electron chi connectivity index (χ1n) is 6.28. The molecule has 7 nitrogen and oxygen atoms in total. The first-order valence-corrected chi connectivity index (χ1v) is 7.76. The molecular weight excluding hydrogens is 268 g/mol. The average Bonchev–Trinajstić information content (AvgIpc) is 2.88. The van der Waals surface area contributed by atoms with Crippen LogP contribution in [0.15, 0.2) is 5.03 Å². The number of aromatic nitrogens is 2. The maximum absolute atomic E-state index is 12.4. The van der Waals surface area contributed by atoms with Gasteiger partial charge in [0.15, 0.2) is 5.03 Å². The lowest BCUT2D eigenvalue weighted by atomic mass is 10.2. The molecule has 1 fully saturated rings. The van der Waals surface area contributed by atoms with E-state index in [4.69, 9.17) is 4.74 Å². The predicted octanol–water partition coefficient (Wildman–Crippen LogP) is -0.107. The molecule has 0 radical (unpaired) electrons. The zero-order valence-electron chi connectivity index (χ0n) is 11.4. The molecule has 2 heterocycles. The van der Waals surface area contributed by atoms with E-state index in [0.717, 1.165) is 5.69 Å². The van der Waals surface area contributed by atoms with Crippen LogP contribution >= 0.6 is 0 Å². The summed E-state index contributed by atoms with van der Waals surface area (Å²) < 4.78 is 32.8. The Morgan fingerprint density at radius 3 is 2.84 bits per heavy atom. The highest BCUT2D eigenvalue weighted by molar-refractivity contribution is 7.89. The van der Waals surface area contributed by atoms with Crippen molar-refractivity contribution in [2.45, 2.75) is 44.0 Å². The maximum atomic E-state index is 12.4. The highest BCUT2D eigenvalue weighted by atomic mass is 32.2. The maximum Gasteiger partial charge on any atom is 0.260 e. The summed E-state index contributed by atoms with van der Waals surface area (Å²) in [6.07, 6.45) is 0.577. The van der Waals surface area contributed by atoms with E-state index >= 15 is 0 Å². The van der Waals surface area contributed by atoms with Gasteiger partial charge in [-0.1, -0.05) is 0 Å². The number of ether oxygens (including phenoxy) is 1. The molecule has 0 spiro atoms. The fourth-order valence-electron chi connectivity index (χ4n) is 2.18. The number of nitrogens with zero attached hydrogens (tertiary/aromatic N) is 1. The number of aryl methyl sites for hydroxylation is 1. The Morgan fingerprint density at radius 1 is 1.53 bits per heavy atom. The summed E-state index contributed by atoms with van der Waals surface area (Å²) in [5.74, 6) is 0. The lowest BCUT2D eigenvalue weighted by molar-refractivity contribution is 0.117. The van der Waals surface area contributed by atoms with Crippen LogP contribution in [0.2, 0.25) is 0 Å². The number of hydrogen-bond acceptors (Lipinski definition) is 5. The summed E-state index contributed by atoms with van der Waals surface area (Å²) in [6, 6.07) is -0.190. The summed E-state index contributed by atoms with van der Waals surface area (Å²) >= 11 is 0. The summed E-state index contributed by atoms with van der Waals surface area (Å²) in [7, 11) is -1.85. The van der Waals surface area contributed by atoms with Gasteiger partial charge >= 0.3 is 0 Å². The Hall–Kier alpha value is -0.960. The van der Waals surface area contributed by atoms with Crippen molar-refractivity contribution in [2.75, 3.05) is 13.7 Å². The monoisotopic (exact) mass is 288 g/mol. The van der Waals surface area contributed by atoms with Crippen molar-refractivity contribution in [1.29, 1.82) is 0 Å².